The van der Waals surface area contributed by atoms with Gasteiger partial charge in [0.25, 0.3) is 0 Å². The van der Waals surface area contributed by atoms with Crippen molar-refractivity contribution in [2.75, 3.05) is 13.2 Å². The van der Waals surface area contributed by atoms with E-state index in [0.29, 0.717) is 25.0 Å². The molecule has 0 unspecified atom stereocenters. The van der Waals surface area contributed by atoms with Crippen LogP contribution in [0, 0.1) is 0 Å². The van der Waals surface area contributed by atoms with Crippen molar-refractivity contribution in [2.24, 2.45) is 0 Å². The fraction of sp³-hybridized carbons (Fsp3) is 0.222. The number of hydrogen-bond acceptors (Lipinski definition) is 6. The lowest BCUT2D eigenvalue weighted by Gasteiger charge is -2.19. The molecule has 24 heavy (non-hydrogen) atoms. The van der Waals surface area contributed by atoms with Crippen LogP contribution in [0.4, 0.5) is 0 Å². The molecule has 6 heteroatoms. The van der Waals surface area contributed by atoms with E-state index in [1.165, 1.54) is 0 Å². The summed E-state index contributed by atoms with van der Waals surface area (Å²) in [6, 6.07) is 15.7. The Morgan fingerprint density at radius 1 is 0.958 bits per heavy atom. The van der Waals surface area contributed by atoms with Gasteiger partial charge >= 0.3 is 0 Å². The second-order valence-electron chi connectivity index (χ2n) is 5.38. The van der Waals surface area contributed by atoms with Gasteiger partial charge in [-0.2, -0.15) is 0 Å². The van der Waals surface area contributed by atoms with E-state index in [1.807, 2.05) is 55.5 Å². The van der Waals surface area contributed by atoms with Gasteiger partial charge in [0.15, 0.2) is 11.5 Å². The summed E-state index contributed by atoms with van der Waals surface area (Å²) in [6.07, 6.45) is 0. The summed E-state index contributed by atoms with van der Waals surface area (Å²) in [4.78, 5) is 1.08. The van der Waals surface area contributed by atoms with Gasteiger partial charge in [0.2, 0.25) is 11.8 Å². The highest BCUT2D eigenvalue weighted by Gasteiger charge is 2.18. The monoisotopic (exact) mass is 340 g/mol. The van der Waals surface area contributed by atoms with Crippen LogP contribution in [0.5, 0.6) is 11.5 Å². The Morgan fingerprint density at radius 2 is 1.75 bits per heavy atom. The van der Waals surface area contributed by atoms with Gasteiger partial charge in [0.05, 0.1) is 5.25 Å². The highest BCUT2D eigenvalue weighted by Crippen LogP contribution is 2.39. The zero-order valence-corrected chi connectivity index (χ0v) is 14.0. The zero-order valence-electron chi connectivity index (χ0n) is 13.1. The second kappa shape index (κ2) is 6.57. The summed E-state index contributed by atoms with van der Waals surface area (Å²) in [5.74, 6) is 2.73. The largest absolute Gasteiger partial charge is 0.486 e. The Hall–Kier alpha value is -2.47. The molecule has 0 amide bonds. The van der Waals surface area contributed by atoms with Crippen LogP contribution in [0.25, 0.3) is 11.5 Å². The standard InChI is InChI=1S/C18H16N2O3S/c1-12(17-19-20-18(23-17)13-5-3-2-4-6-13)24-14-7-8-15-16(11-14)22-10-9-21-15/h2-8,11-12H,9-10H2,1H3/t12-/m1/s1. The third-order valence-electron chi connectivity index (χ3n) is 3.64. The fourth-order valence-corrected chi connectivity index (χ4v) is 3.37. The average molecular weight is 340 g/mol. The number of nitrogens with zero attached hydrogens (tertiary/aromatic N) is 2. The number of aromatic nitrogens is 2. The van der Waals surface area contributed by atoms with Gasteiger partial charge in [0, 0.05) is 10.5 Å². The van der Waals surface area contributed by atoms with Gasteiger partial charge in [-0.1, -0.05) is 18.2 Å². The molecule has 1 atom stereocenters. The van der Waals surface area contributed by atoms with Crippen molar-refractivity contribution in [3.63, 3.8) is 0 Å². The van der Waals surface area contributed by atoms with Crippen LogP contribution in [-0.4, -0.2) is 23.4 Å². The van der Waals surface area contributed by atoms with Crippen LogP contribution < -0.4 is 9.47 Å². The van der Waals surface area contributed by atoms with Crippen molar-refractivity contribution in [3.05, 3.63) is 54.4 Å². The molecule has 122 valence electrons. The maximum absolute atomic E-state index is 5.82. The smallest absolute Gasteiger partial charge is 0.247 e. The van der Waals surface area contributed by atoms with Gasteiger partial charge in [-0.15, -0.1) is 22.0 Å². The molecule has 0 spiro atoms. The third kappa shape index (κ3) is 3.10. The highest BCUT2D eigenvalue weighted by atomic mass is 32.2. The molecule has 1 aliphatic heterocycles. The first-order valence-corrected chi connectivity index (χ1v) is 8.63. The highest BCUT2D eigenvalue weighted by molar-refractivity contribution is 7.99. The molecular weight excluding hydrogens is 324 g/mol. The first-order valence-electron chi connectivity index (χ1n) is 7.75. The van der Waals surface area contributed by atoms with E-state index in [2.05, 4.69) is 10.2 Å². The number of rotatable bonds is 4. The summed E-state index contributed by atoms with van der Waals surface area (Å²) >= 11 is 1.65. The summed E-state index contributed by atoms with van der Waals surface area (Å²) in [5.41, 5.74) is 0.924. The van der Waals surface area contributed by atoms with Crippen LogP contribution in [0.15, 0.2) is 57.8 Å². The molecule has 1 aliphatic rings. The van der Waals surface area contributed by atoms with Gasteiger partial charge in [-0.25, -0.2) is 0 Å². The predicted octanol–water partition coefficient (Wildman–Crippen LogP) is 4.36. The SMILES string of the molecule is C[C@@H](Sc1ccc2c(c1)OCCO2)c1nnc(-c2ccccc2)o1. The molecule has 0 aliphatic carbocycles. The first kappa shape index (κ1) is 15.1. The van der Waals surface area contributed by atoms with E-state index in [9.17, 15) is 0 Å². The molecule has 4 rings (SSSR count). The fourth-order valence-electron chi connectivity index (χ4n) is 2.45. The van der Waals surface area contributed by atoms with Crippen molar-refractivity contribution in [1.29, 1.82) is 0 Å². The predicted molar refractivity (Wildman–Crippen MR) is 91.4 cm³/mol. The maximum atomic E-state index is 5.82. The zero-order chi connectivity index (χ0) is 16.4. The Labute approximate surface area is 144 Å². The van der Waals surface area contributed by atoms with E-state index in [0.717, 1.165) is 22.0 Å². The summed E-state index contributed by atoms with van der Waals surface area (Å²) in [6.45, 7) is 3.23. The van der Waals surface area contributed by atoms with E-state index in [-0.39, 0.29) is 5.25 Å². The normalized spacial score (nSPS) is 14.4. The van der Waals surface area contributed by atoms with Gasteiger partial charge in [0.1, 0.15) is 13.2 Å². The van der Waals surface area contributed by atoms with E-state index in [4.69, 9.17) is 13.9 Å². The van der Waals surface area contributed by atoms with Crippen molar-refractivity contribution in [3.8, 4) is 23.0 Å². The number of thioether (sulfide) groups is 1. The van der Waals surface area contributed by atoms with Crippen molar-refractivity contribution < 1.29 is 13.9 Å². The number of ether oxygens (including phenoxy) is 2. The van der Waals surface area contributed by atoms with Crippen LogP contribution in [0.3, 0.4) is 0 Å². The first-order chi connectivity index (χ1) is 11.8. The molecule has 0 radical (unpaired) electrons. The third-order valence-corrected chi connectivity index (χ3v) is 4.72. The van der Waals surface area contributed by atoms with Crippen LogP contribution >= 0.6 is 11.8 Å². The summed E-state index contributed by atoms with van der Waals surface area (Å²) < 4.78 is 17.0. The maximum Gasteiger partial charge on any atom is 0.247 e. The second-order valence-corrected chi connectivity index (χ2v) is 6.79. The Kier molecular flexibility index (Phi) is 4.13. The Morgan fingerprint density at radius 3 is 2.58 bits per heavy atom. The minimum Gasteiger partial charge on any atom is -0.486 e. The van der Waals surface area contributed by atoms with E-state index < -0.39 is 0 Å². The van der Waals surface area contributed by atoms with Crippen LogP contribution in [0.2, 0.25) is 0 Å². The topological polar surface area (TPSA) is 57.4 Å². The average Bonchev–Trinajstić information content (AvgIpc) is 3.13. The molecule has 1 aromatic heterocycles. The van der Waals surface area contributed by atoms with Gasteiger partial charge < -0.3 is 13.9 Å². The lowest BCUT2D eigenvalue weighted by molar-refractivity contribution is 0.171. The molecule has 0 fully saturated rings. The lowest BCUT2D eigenvalue weighted by Crippen LogP contribution is -2.15. The quantitative estimate of drug-likeness (QED) is 0.658. The minimum absolute atomic E-state index is 0.0394. The molecule has 0 N–H and O–H groups in total. The Balaban J connectivity index is 1.50. The molecule has 2 heterocycles. The van der Waals surface area contributed by atoms with E-state index in [1.54, 1.807) is 11.8 Å². The number of hydrogen-bond donors (Lipinski definition) is 0. The van der Waals surface area contributed by atoms with E-state index >= 15 is 0 Å². The van der Waals surface area contributed by atoms with Gasteiger partial charge in [-0.3, -0.25) is 0 Å². The van der Waals surface area contributed by atoms with Gasteiger partial charge in [-0.05, 0) is 37.3 Å². The van der Waals surface area contributed by atoms with Crippen LogP contribution in [-0.2, 0) is 0 Å². The number of fused-ring (bicyclic) bond motifs is 1. The van der Waals surface area contributed by atoms with Crippen molar-refractivity contribution in [1.82, 2.24) is 10.2 Å². The molecule has 0 bridgehead atoms. The summed E-state index contributed by atoms with van der Waals surface area (Å²) in [5, 5.41) is 8.37. The summed E-state index contributed by atoms with van der Waals surface area (Å²) in [7, 11) is 0. The molecule has 0 saturated carbocycles. The van der Waals surface area contributed by atoms with Crippen molar-refractivity contribution >= 4 is 11.8 Å². The lowest BCUT2D eigenvalue weighted by atomic mass is 10.2. The van der Waals surface area contributed by atoms with Crippen LogP contribution in [0.1, 0.15) is 18.1 Å². The Bertz CT molecular complexity index is 835. The molecule has 3 aromatic rings. The molecule has 5 nitrogen and oxygen atoms in total. The number of benzene rings is 2. The molecule has 0 saturated heterocycles. The minimum atomic E-state index is 0.0394. The molecule has 2 aromatic carbocycles. The van der Waals surface area contributed by atoms with Crippen molar-refractivity contribution in [2.45, 2.75) is 17.1 Å². The molecular formula is C18H16N2O3S.